The molecule has 0 aliphatic carbocycles. The van der Waals surface area contributed by atoms with E-state index in [1.165, 1.54) is 4.88 Å². The highest BCUT2D eigenvalue weighted by Gasteiger charge is 2.03. The van der Waals surface area contributed by atoms with Crippen LogP contribution in [0.2, 0.25) is 0 Å². The molecule has 0 saturated carbocycles. The molecule has 0 saturated heterocycles. The lowest BCUT2D eigenvalue weighted by Gasteiger charge is -2.07. The number of nitrogens with zero attached hydrogens (tertiary/aromatic N) is 2. The predicted octanol–water partition coefficient (Wildman–Crippen LogP) is 1.73. The van der Waals surface area contributed by atoms with Crippen LogP contribution >= 0.6 is 11.3 Å². The second-order valence-electron chi connectivity index (χ2n) is 3.72. The fraction of sp³-hybridized carbons (Fsp3) is 0.417. The van der Waals surface area contributed by atoms with Crippen LogP contribution < -0.4 is 5.32 Å². The standard InChI is InChI=1S/C12H17N3OS/c1-16-7-5-13-9-12-14-4-6-15(12)10-11-3-2-8-17-11/h2-4,6,8,13H,5,7,9-10H2,1H3. The fourth-order valence-corrected chi connectivity index (χ4v) is 2.30. The summed E-state index contributed by atoms with van der Waals surface area (Å²) in [6, 6.07) is 4.22. The summed E-state index contributed by atoms with van der Waals surface area (Å²) in [5.41, 5.74) is 0. The van der Waals surface area contributed by atoms with Crippen LogP contribution in [0.5, 0.6) is 0 Å². The van der Waals surface area contributed by atoms with E-state index in [1.54, 1.807) is 18.4 Å². The molecule has 1 N–H and O–H groups in total. The highest BCUT2D eigenvalue weighted by atomic mass is 32.1. The molecule has 2 rings (SSSR count). The molecule has 0 radical (unpaired) electrons. The summed E-state index contributed by atoms with van der Waals surface area (Å²) in [7, 11) is 1.71. The summed E-state index contributed by atoms with van der Waals surface area (Å²) in [5.74, 6) is 1.06. The molecule has 0 spiro atoms. The van der Waals surface area contributed by atoms with Gasteiger partial charge in [-0.15, -0.1) is 11.3 Å². The second kappa shape index (κ2) is 6.54. The first-order valence-corrected chi connectivity index (χ1v) is 6.50. The van der Waals surface area contributed by atoms with Crippen molar-refractivity contribution in [1.29, 1.82) is 0 Å². The molecule has 0 aliphatic heterocycles. The summed E-state index contributed by atoms with van der Waals surface area (Å²) in [6.45, 7) is 3.26. The zero-order valence-corrected chi connectivity index (χ0v) is 10.7. The molecule has 0 aliphatic rings. The van der Waals surface area contributed by atoms with E-state index in [0.29, 0.717) is 0 Å². The Bertz CT molecular complexity index is 425. The molecule has 0 fully saturated rings. The maximum atomic E-state index is 4.99. The van der Waals surface area contributed by atoms with Crippen LogP contribution in [0.3, 0.4) is 0 Å². The molecule has 0 amide bonds. The lowest BCUT2D eigenvalue weighted by atomic mass is 10.4. The van der Waals surface area contributed by atoms with Gasteiger partial charge < -0.3 is 14.6 Å². The minimum absolute atomic E-state index is 0.728. The Morgan fingerprint density at radius 2 is 2.47 bits per heavy atom. The van der Waals surface area contributed by atoms with Crippen molar-refractivity contribution >= 4 is 11.3 Å². The van der Waals surface area contributed by atoms with Crippen molar-refractivity contribution in [2.24, 2.45) is 0 Å². The van der Waals surface area contributed by atoms with Gasteiger partial charge in [0.1, 0.15) is 5.82 Å². The zero-order valence-electron chi connectivity index (χ0n) is 9.93. The molecular formula is C12H17N3OS. The number of thiophene rings is 1. The maximum Gasteiger partial charge on any atom is 0.122 e. The Morgan fingerprint density at radius 1 is 1.53 bits per heavy atom. The molecule has 0 bridgehead atoms. The molecule has 2 aromatic rings. The van der Waals surface area contributed by atoms with Crippen LogP contribution in [0.15, 0.2) is 29.9 Å². The van der Waals surface area contributed by atoms with Gasteiger partial charge in [0.15, 0.2) is 0 Å². The van der Waals surface area contributed by atoms with Gasteiger partial charge in [-0.2, -0.15) is 0 Å². The van der Waals surface area contributed by atoms with Crippen LogP contribution in [0.4, 0.5) is 0 Å². The van der Waals surface area contributed by atoms with E-state index in [1.807, 2.05) is 12.4 Å². The van der Waals surface area contributed by atoms with Gasteiger partial charge in [-0.25, -0.2) is 4.98 Å². The number of nitrogens with one attached hydrogen (secondary N) is 1. The number of aromatic nitrogens is 2. The Labute approximate surface area is 105 Å². The maximum absolute atomic E-state index is 4.99. The molecule has 92 valence electrons. The summed E-state index contributed by atoms with van der Waals surface area (Å²) in [6.07, 6.45) is 3.87. The van der Waals surface area contributed by atoms with E-state index in [-0.39, 0.29) is 0 Å². The van der Waals surface area contributed by atoms with Gasteiger partial charge in [0.05, 0.1) is 19.7 Å². The van der Waals surface area contributed by atoms with E-state index in [2.05, 4.69) is 32.4 Å². The smallest absolute Gasteiger partial charge is 0.122 e. The van der Waals surface area contributed by atoms with E-state index >= 15 is 0 Å². The van der Waals surface area contributed by atoms with E-state index in [4.69, 9.17) is 4.74 Å². The lowest BCUT2D eigenvalue weighted by molar-refractivity contribution is 0.199. The molecular weight excluding hydrogens is 234 g/mol. The van der Waals surface area contributed by atoms with Gasteiger partial charge in [0.2, 0.25) is 0 Å². The van der Waals surface area contributed by atoms with Crippen molar-refractivity contribution in [3.63, 3.8) is 0 Å². The Kier molecular flexibility index (Phi) is 4.73. The molecule has 0 aromatic carbocycles. The van der Waals surface area contributed by atoms with Crippen molar-refractivity contribution in [3.8, 4) is 0 Å². The number of methoxy groups -OCH3 is 1. The fourth-order valence-electron chi connectivity index (χ4n) is 1.60. The quantitative estimate of drug-likeness (QED) is 0.762. The van der Waals surface area contributed by atoms with Gasteiger partial charge in [-0.05, 0) is 11.4 Å². The van der Waals surface area contributed by atoms with Crippen molar-refractivity contribution in [2.45, 2.75) is 13.1 Å². The van der Waals surface area contributed by atoms with Crippen LogP contribution in [0.1, 0.15) is 10.7 Å². The van der Waals surface area contributed by atoms with Crippen molar-refractivity contribution < 1.29 is 4.74 Å². The minimum Gasteiger partial charge on any atom is -0.383 e. The lowest BCUT2D eigenvalue weighted by Crippen LogP contribution is -2.21. The Balaban J connectivity index is 1.88. The van der Waals surface area contributed by atoms with Gasteiger partial charge >= 0.3 is 0 Å². The van der Waals surface area contributed by atoms with E-state index in [0.717, 1.165) is 32.1 Å². The molecule has 2 heterocycles. The normalized spacial score (nSPS) is 10.9. The molecule has 0 atom stereocenters. The number of ether oxygens (including phenoxy) is 1. The van der Waals surface area contributed by atoms with Crippen molar-refractivity contribution in [2.75, 3.05) is 20.3 Å². The minimum atomic E-state index is 0.728. The number of hydrogen-bond acceptors (Lipinski definition) is 4. The third kappa shape index (κ3) is 3.66. The monoisotopic (exact) mass is 251 g/mol. The van der Waals surface area contributed by atoms with Crippen LogP contribution in [0.25, 0.3) is 0 Å². The van der Waals surface area contributed by atoms with E-state index < -0.39 is 0 Å². The Hall–Kier alpha value is -1.17. The summed E-state index contributed by atoms with van der Waals surface area (Å²) in [4.78, 5) is 5.71. The van der Waals surface area contributed by atoms with Gasteiger partial charge in [-0.3, -0.25) is 0 Å². The first kappa shape index (κ1) is 12.3. The topological polar surface area (TPSA) is 39.1 Å². The molecule has 17 heavy (non-hydrogen) atoms. The van der Waals surface area contributed by atoms with Gasteiger partial charge in [0.25, 0.3) is 0 Å². The van der Waals surface area contributed by atoms with Crippen molar-refractivity contribution in [1.82, 2.24) is 14.9 Å². The van der Waals surface area contributed by atoms with Gasteiger partial charge in [-0.1, -0.05) is 6.07 Å². The average molecular weight is 251 g/mol. The highest BCUT2D eigenvalue weighted by Crippen LogP contribution is 2.11. The average Bonchev–Trinajstić information content (AvgIpc) is 2.97. The van der Waals surface area contributed by atoms with Gasteiger partial charge in [0, 0.05) is 30.9 Å². The molecule has 0 unspecified atom stereocenters. The SMILES string of the molecule is COCCNCc1nccn1Cc1cccs1. The second-order valence-corrected chi connectivity index (χ2v) is 4.75. The summed E-state index contributed by atoms with van der Waals surface area (Å²) in [5, 5.41) is 5.40. The van der Waals surface area contributed by atoms with E-state index in [9.17, 15) is 0 Å². The summed E-state index contributed by atoms with van der Waals surface area (Å²) >= 11 is 1.77. The number of hydrogen-bond donors (Lipinski definition) is 1. The number of rotatable bonds is 7. The molecule has 4 nitrogen and oxygen atoms in total. The third-order valence-electron chi connectivity index (χ3n) is 2.47. The van der Waals surface area contributed by atoms with Crippen LogP contribution in [0, 0.1) is 0 Å². The highest BCUT2D eigenvalue weighted by molar-refractivity contribution is 7.09. The Morgan fingerprint density at radius 3 is 3.24 bits per heavy atom. The van der Waals surface area contributed by atoms with Crippen LogP contribution in [-0.2, 0) is 17.8 Å². The van der Waals surface area contributed by atoms with Crippen LogP contribution in [-0.4, -0.2) is 29.8 Å². The number of imidazole rings is 1. The largest absolute Gasteiger partial charge is 0.383 e. The first-order valence-electron chi connectivity index (χ1n) is 5.62. The first-order chi connectivity index (χ1) is 8.40. The molecule has 5 heteroatoms. The van der Waals surface area contributed by atoms with Crippen molar-refractivity contribution in [3.05, 3.63) is 40.6 Å². The zero-order chi connectivity index (χ0) is 11.9. The molecule has 2 aromatic heterocycles. The third-order valence-corrected chi connectivity index (χ3v) is 3.34. The predicted molar refractivity (Wildman–Crippen MR) is 69.2 cm³/mol. The summed E-state index contributed by atoms with van der Waals surface area (Å²) < 4.78 is 7.16.